The normalized spacial score (nSPS) is 10.9. The summed E-state index contributed by atoms with van der Waals surface area (Å²) in [5, 5.41) is 11.1. The Morgan fingerprint density at radius 2 is 1.76 bits per heavy atom. The highest BCUT2D eigenvalue weighted by Gasteiger charge is 2.06. The van der Waals surface area contributed by atoms with Crippen molar-refractivity contribution < 1.29 is 5.11 Å². The molecule has 0 bridgehead atoms. The van der Waals surface area contributed by atoms with Gasteiger partial charge in [-0.25, -0.2) is 0 Å². The van der Waals surface area contributed by atoms with Crippen LogP contribution in [0.1, 0.15) is 0 Å². The van der Waals surface area contributed by atoms with E-state index in [0.717, 1.165) is 27.1 Å². The fraction of sp³-hybridized carbons (Fsp3) is 0. The van der Waals surface area contributed by atoms with E-state index in [0.29, 0.717) is 0 Å². The third-order valence-corrected chi connectivity index (χ3v) is 3.06. The summed E-state index contributed by atoms with van der Waals surface area (Å²) in [5.41, 5.74) is 3.19. The molecule has 0 aliphatic heterocycles. The predicted molar refractivity (Wildman–Crippen MR) is 70.4 cm³/mol. The van der Waals surface area contributed by atoms with Crippen LogP contribution in [0.2, 0.25) is 5.02 Å². The maximum absolute atomic E-state index is 9.28. The van der Waals surface area contributed by atoms with Gasteiger partial charge < -0.3 is 10.1 Å². The molecule has 84 valence electrons. The molecule has 0 saturated heterocycles. The number of aromatic nitrogens is 1. The van der Waals surface area contributed by atoms with Crippen molar-refractivity contribution in [1.29, 1.82) is 0 Å². The van der Waals surface area contributed by atoms with Crippen LogP contribution < -0.4 is 0 Å². The molecule has 0 amide bonds. The van der Waals surface area contributed by atoms with Gasteiger partial charge in [0.05, 0.1) is 0 Å². The third-order valence-electron chi connectivity index (χ3n) is 2.82. The number of H-pyrrole nitrogens is 1. The Morgan fingerprint density at radius 3 is 2.53 bits per heavy atom. The van der Waals surface area contributed by atoms with Gasteiger partial charge in [-0.3, -0.25) is 0 Å². The number of rotatable bonds is 1. The van der Waals surface area contributed by atoms with Crippen LogP contribution in [0.5, 0.6) is 5.75 Å². The first-order chi connectivity index (χ1) is 8.24. The highest BCUT2D eigenvalue weighted by Crippen LogP contribution is 2.31. The van der Waals surface area contributed by atoms with Crippen molar-refractivity contribution in [2.75, 3.05) is 0 Å². The summed E-state index contributed by atoms with van der Waals surface area (Å²) in [6.45, 7) is 0. The lowest BCUT2D eigenvalue weighted by Gasteiger charge is -2.00. The van der Waals surface area contributed by atoms with Crippen molar-refractivity contribution >= 4 is 22.5 Å². The van der Waals surface area contributed by atoms with E-state index < -0.39 is 0 Å². The van der Waals surface area contributed by atoms with Gasteiger partial charge in [-0.05, 0) is 35.9 Å². The molecule has 0 spiro atoms. The Balaban J connectivity index is 2.23. The zero-order chi connectivity index (χ0) is 11.8. The first kappa shape index (κ1) is 10.2. The van der Waals surface area contributed by atoms with E-state index in [-0.39, 0.29) is 5.75 Å². The standard InChI is InChI=1S/C14H10ClNO/c15-10-3-6-14-12(7-10)13(8-16-14)9-1-4-11(17)5-2-9/h1-8,16-17H. The van der Waals surface area contributed by atoms with Crippen molar-refractivity contribution in [2.45, 2.75) is 0 Å². The Kier molecular flexibility index (Phi) is 2.30. The lowest BCUT2D eigenvalue weighted by molar-refractivity contribution is 0.475. The number of nitrogens with one attached hydrogen (secondary N) is 1. The maximum atomic E-state index is 9.28. The number of hydrogen-bond acceptors (Lipinski definition) is 1. The molecule has 3 rings (SSSR count). The minimum Gasteiger partial charge on any atom is -0.508 e. The van der Waals surface area contributed by atoms with Gasteiger partial charge in [0.2, 0.25) is 0 Å². The number of aromatic amines is 1. The molecule has 17 heavy (non-hydrogen) atoms. The van der Waals surface area contributed by atoms with Crippen LogP contribution in [0.15, 0.2) is 48.7 Å². The van der Waals surface area contributed by atoms with Crippen molar-refractivity contribution in [3.05, 3.63) is 53.7 Å². The maximum Gasteiger partial charge on any atom is 0.115 e. The largest absolute Gasteiger partial charge is 0.508 e. The predicted octanol–water partition coefficient (Wildman–Crippen LogP) is 4.19. The quantitative estimate of drug-likeness (QED) is 0.660. The summed E-state index contributed by atoms with van der Waals surface area (Å²) >= 11 is 6.01. The molecule has 0 saturated carbocycles. The first-order valence-electron chi connectivity index (χ1n) is 5.30. The SMILES string of the molecule is Oc1ccc(-c2c[nH]c3ccc(Cl)cc23)cc1. The molecule has 1 heterocycles. The van der Waals surface area contributed by atoms with E-state index in [1.807, 2.05) is 36.5 Å². The van der Waals surface area contributed by atoms with Crippen LogP contribution in [-0.2, 0) is 0 Å². The Labute approximate surface area is 103 Å². The summed E-state index contributed by atoms with van der Waals surface area (Å²) in [6, 6.07) is 12.9. The van der Waals surface area contributed by atoms with Crippen molar-refractivity contribution in [3.8, 4) is 16.9 Å². The molecular weight excluding hydrogens is 234 g/mol. The highest BCUT2D eigenvalue weighted by atomic mass is 35.5. The minimum atomic E-state index is 0.270. The van der Waals surface area contributed by atoms with Crippen LogP contribution in [0.4, 0.5) is 0 Å². The van der Waals surface area contributed by atoms with Gasteiger partial charge in [0, 0.05) is 27.7 Å². The monoisotopic (exact) mass is 243 g/mol. The van der Waals surface area contributed by atoms with Crippen LogP contribution in [0.3, 0.4) is 0 Å². The second kappa shape index (κ2) is 3.82. The van der Waals surface area contributed by atoms with E-state index in [9.17, 15) is 5.11 Å². The first-order valence-corrected chi connectivity index (χ1v) is 5.68. The number of halogens is 1. The molecule has 2 aromatic carbocycles. The number of benzene rings is 2. The fourth-order valence-corrected chi connectivity index (χ4v) is 2.14. The van der Waals surface area contributed by atoms with Gasteiger partial charge in [-0.2, -0.15) is 0 Å². The lowest BCUT2D eigenvalue weighted by Crippen LogP contribution is -1.75. The summed E-state index contributed by atoms with van der Waals surface area (Å²) in [7, 11) is 0. The van der Waals surface area contributed by atoms with Gasteiger partial charge in [0.1, 0.15) is 5.75 Å². The second-order valence-corrected chi connectivity index (χ2v) is 4.38. The molecular formula is C14H10ClNO. The Hall–Kier alpha value is -1.93. The molecule has 1 aromatic heterocycles. The van der Waals surface area contributed by atoms with E-state index in [1.54, 1.807) is 12.1 Å². The van der Waals surface area contributed by atoms with E-state index in [2.05, 4.69) is 4.98 Å². The fourth-order valence-electron chi connectivity index (χ4n) is 1.97. The summed E-state index contributed by atoms with van der Waals surface area (Å²) in [6.07, 6.45) is 1.95. The number of aromatic hydroxyl groups is 1. The average molecular weight is 244 g/mol. The molecule has 0 radical (unpaired) electrons. The van der Waals surface area contributed by atoms with Crippen LogP contribution in [0.25, 0.3) is 22.0 Å². The highest BCUT2D eigenvalue weighted by molar-refractivity contribution is 6.31. The van der Waals surface area contributed by atoms with Crippen LogP contribution >= 0.6 is 11.6 Å². The lowest BCUT2D eigenvalue weighted by atomic mass is 10.0. The Morgan fingerprint density at radius 1 is 1.00 bits per heavy atom. The average Bonchev–Trinajstić information content (AvgIpc) is 2.73. The summed E-state index contributed by atoms with van der Waals surface area (Å²) in [4.78, 5) is 3.21. The third kappa shape index (κ3) is 1.77. The van der Waals surface area contributed by atoms with Gasteiger partial charge in [-0.1, -0.05) is 23.7 Å². The van der Waals surface area contributed by atoms with Crippen LogP contribution in [-0.4, -0.2) is 10.1 Å². The molecule has 0 atom stereocenters. The smallest absolute Gasteiger partial charge is 0.115 e. The molecule has 0 unspecified atom stereocenters. The van der Waals surface area contributed by atoms with Crippen molar-refractivity contribution in [2.24, 2.45) is 0 Å². The molecule has 3 aromatic rings. The van der Waals surface area contributed by atoms with Crippen LogP contribution in [0, 0.1) is 0 Å². The van der Waals surface area contributed by atoms with Crippen molar-refractivity contribution in [1.82, 2.24) is 4.98 Å². The zero-order valence-corrected chi connectivity index (χ0v) is 9.70. The van der Waals surface area contributed by atoms with Gasteiger partial charge >= 0.3 is 0 Å². The molecule has 2 N–H and O–H groups in total. The number of phenols is 1. The minimum absolute atomic E-state index is 0.270. The van der Waals surface area contributed by atoms with Gasteiger partial charge in [0.15, 0.2) is 0 Å². The number of fused-ring (bicyclic) bond motifs is 1. The zero-order valence-electron chi connectivity index (χ0n) is 8.94. The van der Waals surface area contributed by atoms with Gasteiger partial charge in [0.25, 0.3) is 0 Å². The van der Waals surface area contributed by atoms with Gasteiger partial charge in [-0.15, -0.1) is 0 Å². The molecule has 0 aliphatic rings. The van der Waals surface area contributed by atoms with E-state index in [1.165, 1.54) is 0 Å². The summed E-state index contributed by atoms with van der Waals surface area (Å²) in [5.74, 6) is 0.270. The Bertz CT molecular complexity index is 670. The molecule has 3 heteroatoms. The second-order valence-electron chi connectivity index (χ2n) is 3.94. The topological polar surface area (TPSA) is 36.0 Å². The number of hydrogen-bond donors (Lipinski definition) is 2. The molecule has 0 aliphatic carbocycles. The van der Waals surface area contributed by atoms with E-state index >= 15 is 0 Å². The van der Waals surface area contributed by atoms with E-state index in [4.69, 9.17) is 11.6 Å². The molecule has 2 nitrogen and oxygen atoms in total. The summed E-state index contributed by atoms with van der Waals surface area (Å²) < 4.78 is 0. The molecule has 0 fully saturated rings. The number of phenolic OH excluding ortho intramolecular Hbond substituents is 1. The van der Waals surface area contributed by atoms with Crippen molar-refractivity contribution in [3.63, 3.8) is 0 Å².